The summed E-state index contributed by atoms with van der Waals surface area (Å²) in [6.45, 7) is 7.11. The molecule has 1 rings (SSSR count). The lowest BCUT2D eigenvalue weighted by atomic mass is 9.75. The number of alkyl halides is 1. The molecule has 0 nitrogen and oxygen atoms in total. The van der Waals surface area contributed by atoms with Gasteiger partial charge in [-0.05, 0) is 30.6 Å². The van der Waals surface area contributed by atoms with Gasteiger partial charge in [-0.25, -0.2) is 0 Å². The van der Waals surface area contributed by atoms with E-state index in [1.165, 1.54) is 32.1 Å². The average molecular weight is 247 g/mol. The zero-order chi connectivity index (χ0) is 9.84. The van der Waals surface area contributed by atoms with Crippen LogP contribution in [-0.4, -0.2) is 4.83 Å². The van der Waals surface area contributed by atoms with Crippen molar-refractivity contribution in [3.05, 3.63) is 0 Å². The normalized spacial score (nSPS) is 34.2. The van der Waals surface area contributed by atoms with E-state index in [2.05, 4.69) is 36.7 Å². The van der Waals surface area contributed by atoms with Gasteiger partial charge >= 0.3 is 0 Å². The van der Waals surface area contributed by atoms with E-state index in [1.807, 2.05) is 0 Å². The van der Waals surface area contributed by atoms with E-state index in [0.29, 0.717) is 4.83 Å². The molecule has 1 aliphatic carbocycles. The van der Waals surface area contributed by atoms with Crippen LogP contribution >= 0.6 is 15.9 Å². The molecule has 13 heavy (non-hydrogen) atoms. The highest BCUT2D eigenvalue weighted by Gasteiger charge is 2.24. The van der Waals surface area contributed by atoms with Crippen molar-refractivity contribution >= 4 is 15.9 Å². The van der Waals surface area contributed by atoms with Crippen LogP contribution in [0.15, 0.2) is 0 Å². The molecule has 0 radical (unpaired) electrons. The molecule has 4 atom stereocenters. The molecule has 0 N–H and O–H groups in total. The maximum Gasteiger partial charge on any atom is 0.0120 e. The highest BCUT2D eigenvalue weighted by molar-refractivity contribution is 9.09. The van der Waals surface area contributed by atoms with Crippen molar-refractivity contribution in [3.63, 3.8) is 0 Å². The van der Waals surface area contributed by atoms with Crippen molar-refractivity contribution in [1.82, 2.24) is 0 Å². The molecule has 0 spiro atoms. The Hall–Kier alpha value is 0.480. The van der Waals surface area contributed by atoms with Crippen LogP contribution in [0.1, 0.15) is 52.9 Å². The van der Waals surface area contributed by atoms with E-state index in [9.17, 15) is 0 Å². The average Bonchev–Trinajstić information content (AvgIpc) is 2.03. The van der Waals surface area contributed by atoms with Crippen LogP contribution in [0.5, 0.6) is 0 Å². The Bertz CT molecular complexity index is 142. The van der Waals surface area contributed by atoms with Crippen LogP contribution in [0.4, 0.5) is 0 Å². The molecule has 0 aromatic heterocycles. The summed E-state index contributed by atoms with van der Waals surface area (Å²) in [7, 11) is 0. The maximum absolute atomic E-state index is 3.66. The van der Waals surface area contributed by atoms with Crippen molar-refractivity contribution < 1.29 is 0 Å². The van der Waals surface area contributed by atoms with E-state index in [1.54, 1.807) is 0 Å². The first-order valence-electron chi connectivity index (χ1n) is 5.73. The first kappa shape index (κ1) is 11.6. The van der Waals surface area contributed by atoms with Crippen LogP contribution in [0.2, 0.25) is 0 Å². The molecule has 1 saturated carbocycles. The second kappa shape index (κ2) is 5.38. The molecular weight excluding hydrogens is 224 g/mol. The molecule has 0 aliphatic heterocycles. The topological polar surface area (TPSA) is 0 Å². The van der Waals surface area contributed by atoms with Gasteiger partial charge in [-0.3, -0.25) is 0 Å². The number of hydrogen-bond acceptors (Lipinski definition) is 0. The molecule has 0 bridgehead atoms. The molecule has 1 fully saturated rings. The van der Waals surface area contributed by atoms with Crippen molar-refractivity contribution in [3.8, 4) is 0 Å². The second-order valence-corrected chi connectivity index (χ2v) is 6.59. The van der Waals surface area contributed by atoms with Gasteiger partial charge in [-0.1, -0.05) is 56.0 Å². The Labute approximate surface area is 91.6 Å². The lowest BCUT2D eigenvalue weighted by Gasteiger charge is -2.31. The predicted molar refractivity (Wildman–Crippen MR) is 63.3 cm³/mol. The van der Waals surface area contributed by atoms with E-state index < -0.39 is 0 Å². The smallest absolute Gasteiger partial charge is 0.0120 e. The molecule has 0 heterocycles. The van der Waals surface area contributed by atoms with Gasteiger partial charge in [0, 0.05) is 4.83 Å². The van der Waals surface area contributed by atoms with Crippen molar-refractivity contribution in [1.29, 1.82) is 0 Å². The Morgan fingerprint density at radius 3 is 2.54 bits per heavy atom. The third-order valence-electron chi connectivity index (χ3n) is 3.48. The van der Waals surface area contributed by atoms with E-state index in [4.69, 9.17) is 0 Å². The van der Waals surface area contributed by atoms with Gasteiger partial charge in [-0.15, -0.1) is 0 Å². The van der Waals surface area contributed by atoms with Crippen LogP contribution in [0.25, 0.3) is 0 Å². The van der Waals surface area contributed by atoms with Crippen molar-refractivity contribution in [2.24, 2.45) is 17.8 Å². The summed E-state index contributed by atoms with van der Waals surface area (Å²) in [4.78, 5) is 0.694. The fourth-order valence-electron chi connectivity index (χ4n) is 2.70. The van der Waals surface area contributed by atoms with Crippen molar-refractivity contribution in [2.75, 3.05) is 0 Å². The zero-order valence-electron chi connectivity index (χ0n) is 9.22. The minimum atomic E-state index is 0.694. The molecule has 0 saturated heterocycles. The maximum atomic E-state index is 3.66. The van der Waals surface area contributed by atoms with E-state index in [-0.39, 0.29) is 0 Å². The monoisotopic (exact) mass is 246 g/mol. The molecule has 0 aromatic carbocycles. The minimum absolute atomic E-state index is 0.694. The van der Waals surface area contributed by atoms with Gasteiger partial charge in [0.2, 0.25) is 0 Å². The summed E-state index contributed by atoms with van der Waals surface area (Å²) in [5.41, 5.74) is 0. The number of halogens is 1. The van der Waals surface area contributed by atoms with Gasteiger partial charge in [0.1, 0.15) is 0 Å². The Kier molecular flexibility index (Phi) is 4.78. The molecule has 0 amide bonds. The van der Waals surface area contributed by atoms with Crippen LogP contribution < -0.4 is 0 Å². The quantitative estimate of drug-likeness (QED) is 0.638. The van der Waals surface area contributed by atoms with Crippen LogP contribution in [0, 0.1) is 17.8 Å². The minimum Gasteiger partial charge on any atom is -0.0894 e. The molecule has 4 unspecified atom stereocenters. The Morgan fingerprint density at radius 2 is 2.00 bits per heavy atom. The largest absolute Gasteiger partial charge is 0.0894 e. The van der Waals surface area contributed by atoms with Gasteiger partial charge in [0.05, 0.1) is 0 Å². The third-order valence-corrected chi connectivity index (χ3v) is 3.85. The SMILES string of the molecule is CC(Br)CC(C)C1CCCC(C)C1. The summed E-state index contributed by atoms with van der Waals surface area (Å²) < 4.78 is 0. The Morgan fingerprint density at radius 1 is 1.31 bits per heavy atom. The molecule has 0 aromatic rings. The van der Waals surface area contributed by atoms with Gasteiger partial charge in [-0.2, -0.15) is 0 Å². The second-order valence-electron chi connectivity index (χ2n) is 5.03. The standard InChI is InChI=1S/C12H23Br/c1-9-5-4-6-12(7-9)10(2)8-11(3)13/h9-12H,4-8H2,1-3H3. The van der Waals surface area contributed by atoms with Crippen LogP contribution in [-0.2, 0) is 0 Å². The molecular formula is C12H23Br. The summed E-state index contributed by atoms with van der Waals surface area (Å²) >= 11 is 3.66. The predicted octanol–water partition coefficient (Wildman–Crippen LogP) is 4.62. The van der Waals surface area contributed by atoms with E-state index >= 15 is 0 Å². The molecule has 78 valence electrons. The Balaban J connectivity index is 2.32. The van der Waals surface area contributed by atoms with E-state index in [0.717, 1.165) is 17.8 Å². The van der Waals surface area contributed by atoms with Gasteiger partial charge < -0.3 is 0 Å². The first-order valence-corrected chi connectivity index (χ1v) is 6.65. The molecule has 1 aliphatic rings. The highest BCUT2D eigenvalue weighted by atomic mass is 79.9. The molecule has 1 heteroatoms. The fraction of sp³-hybridized carbons (Fsp3) is 1.00. The number of rotatable bonds is 3. The number of hydrogen-bond donors (Lipinski definition) is 0. The fourth-order valence-corrected chi connectivity index (χ4v) is 3.29. The zero-order valence-corrected chi connectivity index (χ0v) is 10.8. The third kappa shape index (κ3) is 4.01. The summed E-state index contributed by atoms with van der Waals surface area (Å²) in [5, 5.41) is 0. The lowest BCUT2D eigenvalue weighted by Crippen LogP contribution is -2.21. The summed E-state index contributed by atoms with van der Waals surface area (Å²) in [5.74, 6) is 2.90. The van der Waals surface area contributed by atoms with Crippen molar-refractivity contribution in [2.45, 2.75) is 57.7 Å². The summed E-state index contributed by atoms with van der Waals surface area (Å²) in [6, 6.07) is 0. The summed E-state index contributed by atoms with van der Waals surface area (Å²) in [6.07, 6.45) is 7.23. The van der Waals surface area contributed by atoms with Gasteiger partial charge in [0.15, 0.2) is 0 Å². The van der Waals surface area contributed by atoms with Gasteiger partial charge in [0.25, 0.3) is 0 Å². The lowest BCUT2D eigenvalue weighted by molar-refractivity contribution is 0.208. The van der Waals surface area contributed by atoms with Crippen LogP contribution in [0.3, 0.4) is 0 Å². The highest BCUT2D eigenvalue weighted by Crippen LogP contribution is 2.35. The first-order chi connectivity index (χ1) is 6.09.